The van der Waals surface area contributed by atoms with Crippen LogP contribution in [0.1, 0.15) is 13.3 Å². The first kappa shape index (κ1) is 7.08. The van der Waals surface area contributed by atoms with E-state index in [1.54, 1.807) is 0 Å². The fraction of sp³-hybridized carbons (Fsp3) is 0.333. The van der Waals surface area contributed by atoms with E-state index in [1.807, 2.05) is 0 Å². The van der Waals surface area contributed by atoms with E-state index in [9.17, 15) is 9.59 Å². The van der Waals surface area contributed by atoms with Gasteiger partial charge in [-0.2, -0.15) is 0 Å². The first-order valence-corrected chi connectivity index (χ1v) is 2.33. The predicted molar refractivity (Wildman–Crippen MR) is 30.5 cm³/mol. The largest absolute Gasteiger partial charge is 0.291 e. The third-order valence-corrected chi connectivity index (χ3v) is 0.722. The van der Waals surface area contributed by atoms with Gasteiger partial charge in [0.15, 0.2) is 5.78 Å². The molecule has 0 aliphatic carbocycles. The van der Waals surface area contributed by atoms with Crippen LogP contribution in [0.3, 0.4) is 0 Å². The van der Waals surface area contributed by atoms with Crippen LogP contribution in [-0.2, 0) is 9.59 Å². The molecule has 44 valence electrons. The summed E-state index contributed by atoms with van der Waals surface area (Å²) in [6.07, 6.45) is 1.58. The Morgan fingerprint density at radius 3 is 2.25 bits per heavy atom. The number of hydrogen-bond acceptors (Lipinski definition) is 2. The molecule has 0 radical (unpaired) electrons. The Hall–Kier alpha value is -0.920. The molecule has 2 nitrogen and oxygen atoms in total. The molecule has 0 aliphatic heterocycles. The van der Waals surface area contributed by atoms with Gasteiger partial charge >= 0.3 is 0 Å². The van der Waals surface area contributed by atoms with Crippen LogP contribution in [0.25, 0.3) is 0 Å². The number of carbonyl (C=O) groups excluding carboxylic acids is 2. The van der Waals surface area contributed by atoms with Gasteiger partial charge in [0, 0.05) is 13.3 Å². The molecule has 0 heterocycles. The highest BCUT2D eigenvalue weighted by atomic mass is 16.2. The minimum Gasteiger partial charge on any atom is -0.291 e. The first-order valence-electron chi connectivity index (χ1n) is 2.33. The molecule has 0 saturated heterocycles. The molecule has 8 heavy (non-hydrogen) atoms. The number of carbonyl (C=O) groups is 2. The maximum absolute atomic E-state index is 10.3. The maximum atomic E-state index is 10.3. The van der Waals surface area contributed by atoms with E-state index < -0.39 is 5.78 Å². The van der Waals surface area contributed by atoms with Crippen molar-refractivity contribution >= 4 is 11.6 Å². The highest BCUT2D eigenvalue weighted by molar-refractivity contribution is 6.36. The zero-order chi connectivity index (χ0) is 6.57. The normalized spacial score (nSPS) is 8.12. The zero-order valence-corrected chi connectivity index (χ0v) is 4.81. The Morgan fingerprint density at radius 1 is 1.62 bits per heavy atom. The third-order valence-electron chi connectivity index (χ3n) is 0.722. The Balaban J connectivity index is 3.65. The smallest absolute Gasteiger partial charge is 0.201 e. The molecular weight excluding hydrogens is 104 g/mol. The summed E-state index contributed by atoms with van der Waals surface area (Å²) in [5.41, 5.74) is 0. The standard InChI is InChI=1S/C6H8O2/c1-3-4-6(8)5(2)7/h3H,1,4H2,2H3. The van der Waals surface area contributed by atoms with Crippen LogP contribution in [0.15, 0.2) is 12.7 Å². The summed E-state index contributed by atoms with van der Waals surface area (Å²) in [6, 6.07) is 0. The fourth-order valence-electron chi connectivity index (χ4n) is 0.275. The van der Waals surface area contributed by atoms with Gasteiger partial charge in [-0.1, -0.05) is 6.08 Å². The number of rotatable bonds is 3. The van der Waals surface area contributed by atoms with E-state index in [0.29, 0.717) is 0 Å². The molecule has 2 heteroatoms. The van der Waals surface area contributed by atoms with Crippen LogP contribution in [0.5, 0.6) is 0 Å². The summed E-state index contributed by atoms with van der Waals surface area (Å²) in [7, 11) is 0. The molecule has 0 fully saturated rings. The summed E-state index contributed by atoms with van der Waals surface area (Å²) in [5.74, 6) is -0.773. The third kappa shape index (κ3) is 2.29. The molecule has 0 rings (SSSR count). The van der Waals surface area contributed by atoms with Crippen LogP contribution in [0.2, 0.25) is 0 Å². The molecule has 0 bridgehead atoms. The lowest BCUT2D eigenvalue weighted by Gasteiger charge is -1.83. The average Bonchev–Trinajstić information content (AvgIpc) is 1.67. The number of allylic oxidation sites excluding steroid dienone is 1. The van der Waals surface area contributed by atoms with Crippen LogP contribution >= 0.6 is 0 Å². The number of Topliss-reactive ketones (excluding diaryl/α,β-unsaturated/α-hetero) is 2. The van der Waals surface area contributed by atoms with Gasteiger partial charge in [-0.15, -0.1) is 6.58 Å². The van der Waals surface area contributed by atoms with Gasteiger partial charge in [-0.3, -0.25) is 9.59 Å². The second-order valence-electron chi connectivity index (χ2n) is 1.47. The van der Waals surface area contributed by atoms with Gasteiger partial charge in [0.2, 0.25) is 5.78 Å². The second kappa shape index (κ2) is 3.13. The number of ketones is 2. The predicted octanol–water partition coefficient (Wildman–Crippen LogP) is 0.721. The zero-order valence-electron chi connectivity index (χ0n) is 4.81. The lowest BCUT2D eigenvalue weighted by atomic mass is 10.2. The van der Waals surface area contributed by atoms with Crippen LogP contribution in [0, 0.1) is 0 Å². The lowest BCUT2D eigenvalue weighted by molar-refractivity contribution is -0.134. The first-order chi connectivity index (χ1) is 3.68. The molecule has 0 aliphatic rings. The van der Waals surface area contributed by atoms with Gasteiger partial charge in [-0.25, -0.2) is 0 Å². The van der Waals surface area contributed by atoms with E-state index in [0.717, 1.165) is 0 Å². The summed E-state index contributed by atoms with van der Waals surface area (Å²) in [5, 5.41) is 0. The summed E-state index contributed by atoms with van der Waals surface area (Å²) in [4.78, 5) is 20.5. The number of hydrogen-bond donors (Lipinski definition) is 0. The van der Waals surface area contributed by atoms with E-state index in [1.165, 1.54) is 13.0 Å². The molecule has 0 atom stereocenters. The molecule has 0 aromatic carbocycles. The molecule has 0 aromatic rings. The monoisotopic (exact) mass is 112 g/mol. The van der Waals surface area contributed by atoms with Crippen molar-refractivity contribution in [1.29, 1.82) is 0 Å². The van der Waals surface area contributed by atoms with Gasteiger partial charge in [0.25, 0.3) is 0 Å². The van der Waals surface area contributed by atoms with Crippen molar-refractivity contribution in [1.82, 2.24) is 0 Å². The highest BCUT2D eigenvalue weighted by Gasteiger charge is 2.02. The van der Waals surface area contributed by atoms with E-state index >= 15 is 0 Å². The summed E-state index contributed by atoms with van der Waals surface area (Å²) >= 11 is 0. The van der Waals surface area contributed by atoms with E-state index in [2.05, 4.69) is 6.58 Å². The summed E-state index contributed by atoms with van der Waals surface area (Å²) in [6.45, 7) is 4.57. The Bertz CT molecular complexity index is 124. The highest BCUT2D eigenvalue weighted by Crippen LogP contribution is 1.83. The maximum Gasteiger partial charge on any atom is 0.201 e. The molecule has 0 spiro atoms. The quantitative estimate of drug-likeness (QED) is 0.398. The Kier molecular flexibility index (Phi) is 2.77. The Morgan fingerprint density at radius 2 is 2.12 bits per heavy atom. The Labute approximate surface area is 48.2 Å². The van der Waals surface area contributed by atoms with Crippen LogP contribution in [-0.4, -0.2) is 11.6 Å². The minimum absolute atomic E-state index is 0.162. The molecule has 0 N–H and O–H groups in total. The van der Waals surface area contributed by atoms with Crippen LogP contribution in [0.4, 0.5) is 0 Å². The molecule has 0 unspecified atom stereocenters. The fourth-order valence-corrected chi connectivity index (χ4v) is 0.275. The SMILES string of the molecule is C=CCC(=O)C(C)=O. The van der Waals surface area contributed by atoms with Gasteiger partial charge < -0.3 is 0 Å². The van der Waals surface area contributed by atoms with Crippen molar-refractivity contribution in [2.24, 2.45) is 0 Å². The minimum atomic E-state index is -0.398. The average molecular weight is 112 g/mol. The molecule has 0 aromatic heterocycles. The van der Waals surface area contributed by atoms with E-state index in [4.69, 9.17) is 0 Å². The van der Waals surface area contributed by atoms with Crippen molar-refractivity contribution < 1.29 is 9.59 Å². The van der Waals surface area contributed by atoms with Gasteiger partial charge in [0.05, 0.1) is 0 Å². The molecule has 0 saturated carbocycles. The van der Waals surface area contributed by atoms with E-state index in [-0.39, 0.29) is 12.2 Å². The summed E-state index contributed by atoms with van der Waals surface area (Å²) < 4.78 is 0. The van der Waals surface area contributed by atoms with Crippen molar-refractivity contribution in [3.8, 4) is 0 Å². The van der Waals surface area contributed by atoms with Crippen molar-refractivity contribution in [3.63, 3.8) is 0 Å². The van der Waals surface area contributed by atoms with Crippen molar-refractivity contribution in [3.05, 3.63) is 12.7 Å². The van der Waals surface area contributed by atoms with Gasteiger partial charge in [-0.05, 0) is 0 Å². The second-order valence-corrected chi connectivity index (χ2v) is 1.47. The topological polar surface area (TPSA) is 34.1 Å². The van der Waals surface area contributed by atoms with Crippen molar-refractivity contribution in [2.45, 2.75) is 13.3 Å². The van der Waals surface area contributed by atoms with Crippen LogP contribution < -0.4 is 0 Å². The van der Waals surface area contributed by atoms with Gasteiger partial charge in [0.1, 0.15) is 0 Å². The van der Waals surface area contributed by atoms with Crippen molar-refractivity contribution in [2.75, 3.05) is 0 Å². The molecular formula is C6H8O2. The lowest BCUT2D eigenvalue weighted by Crippen LogP contribution is -2.06. The molecule has 0 amide bonds.